The number of hydrogen-bond donors (Lipinski definition) is 3. The first-order valence-electron chi connectivity index (χ1n) is 6.16. The van der Waals surface area contributed by atoms with Crippen LogP contribution in [0.1, 0.15) is 30.1 Å². The standard InChI is InChI=1S/C13H19N3O2/c1-8(11-6-3-7-18-11)16-12-9(13(15)17)4-2-5-10(12)14/h2,4-5,8,11,16H,3,6-7,14H2,1H3,(H2,15,17). The Morgan fingerprint density at radius 3 is 2.94 bits per heavy atom. The molecule has 5 heteroatoms. The fourth-order valence-corrected chi connectivity index (χ4v) is 2.25. The summed E-state index contributed by atoms with van der Waals surface area (Å²) in [6.07, 6.45) is 2.25. The Kier molecular flexibility index (Phi) is 3.72. The monoisotopic (exact) mass is 249 g/mol. The van der Waals surface area contributed by atoms with Crippen molar-refractivity contribution in [2.24, 2.45) is 5.73 Å². The number of ether oxygens (including phenoxy) is 1. The van der Waals surface area contributed by atoms with Crippen molar-refractivity contribution < 1.29 is 9.53 Å². The van der Waals surface area contributed by atoms with Crippen molar-refractivity contribution >= 4 is 17.3 Å². The number of nitrogen functional groups attached to an aromatic ring is 1. The molecule has 0 aromatic heterocycles. The minimum atomic E-state index is -0.482. The van der Waals surface area contributed by atoms with Gasteiger partial charge in [-0.05, 0) is 31.9 Å². The van der Waals surface area contributed by atoms with Crippen LogP contribution in [0.3, 0.4) is 0 Å². The molecule has 1 fully saturated rings. The third kappa shape index (κ3) is 2.56. The zero-order chi connectivity index (χ0) is 13.1. The molecule has 18 heavy (non-hydrogen) atoms. The Balaban J connectivity index is 2.19. The Morgan fingerprint density at radius 2 is 2.33 bits per heavy atom. The van der Waals surface area contributed by atoms with Crippen molar-refractivity contribution in [3.8, 4) is 0 Å². The van der Waals surface area contributed by atoms with E-state index in [1.165, 1.54) is 0 Å². The lowest BCUT2D eigenvalue weighted by Crippen LogP contribution is -2.31. The van der Waals surface area contributed by atoms with E-state index in [0.29, 0.717) is 16.9 Å². The number of hydrogen-bond acceptors (Lipinski definition) is 4. The van der Waals surface area contributed by atoms with Gasteiger partial charge in [-0.1, -0.05) is 6.07 Å². The number of rotatable bonds is 4. The summed E-state index contributed by atoms with van der Waals surface area (Å²) in [4.78, 5) is 11.4. The molecule has 1 aromatic rings. The summed E-state index contributed by atoms with van der Waals surface area (Å²) in [6, 6.07) is 5.23. The van der Waals surface area contributed by atoms with Gasteiger partial charge in [0.05, 0.1) is 23.0 Å². The summed E-state index contributed by atoms with van der Waals surface area (Å²) >= 11 is 0. The molecule has 5 nitrogen and oxygen atoms in total. The number of primary amides is 1. The molecular formula is C13H19N3O2. The van der Waals surface area contributed by atoms with E-state index in [4.69, 9.17) is 16.2 Å². The molecule has 0 saturated carbocycles. The van der Waals surface area contributed by atoms with Gasteiger partial charge in [-0.25, -0.2) is 0 Å². The molecule has 1 heterocycles. The summed E-state index contributed by atoms with van der Waals surface area (Å²) < 4.78 is 5.61. The van der Waals surface area contributed by atoms with E-state index in [9.17, 15) is 4.79 Å². The minimum Gasteiger partial charge on any atom is -0.397 e. The quantitative estimate of drug-likeness (QED) is 0.702. The molecule has 1 saturated heterocycles. The lowest BCUT2D eigenvalue weighted by atomic mass is 10.1. The van der Waals surface area contributed by atoms with Crippen molar-refractivity contribution in [2.75, 3.05) is 17.7 Å². The van der Waals surface area contributed by atoms with E-state index < -0.39 is 5.91 Å². The summed E-state index contributed by atoms with van der Waals surface area (Å²) in [5, 5.41) is 3.25. The van der Waals surface area contributed by atoms with Crippen molar-refractivity contribution in [3.05, 3.63) is 23.8 Å². The van der Waals surface area contributed by atoms with Crippen LogP contribution < -0.4 is 16.8 Å². The Hall–Kier alpha value is -1.75. The lowest BCUT2D eigenvalue weighted by Gasteiger charge is -2.23. The minimum absolute atomic E-state index is 0.0929. The van der Waals surface area contributed by atoms with E-state index in [1.807, 2.05) is 6.92 Å². The van der Waals surface area contributed by atoms with E-state index >= 15 is 0 Å². The molecule has 0 radical (unpaired) electrons. The van der Waals surface area contributed by atoms with Crippen LogP contribution in [0.15, 0.2) is 18.2 Å². The van der Waals surface area contributed by atoms with Gasteiger partial charge >= 0.3 is 0 Å². The van der Waals surface area contributed by atoms with Gasteiger partial charge < -0.3 is 21.5 Å². The first kappa shape index (κ1) is 12.7. The number of nitrogens with two attached hydrogens (primary N) is 2. The molecular weight excluding hydrogens is 230 g/mol. The summed E-state index contributed by atoms with van der Waals surface area (Å²) in [7, 11) is 0. The van der Waals surface area contributed by atoms with Crippen LogP contribution in [0, 0.1) is 0 Å². The highest BCUT2D eigenvalue weighted by Gasteiger charge is 2.23. The molecule has 0 spiro atoms. The molecule has 1 aliphatic rings. The van der Waals surface area contributed by atoms with Gasteiger partial charge in [0.2, 0.25) is 0 Å². The number of anilines is 2. The van der Waals surface area contributed by atoms with Crippen LogP contribution >= 0.6 is 0 Å². The molecule has 0 bridgehead atoms. The van der Waals surface area contributed by atoms with Gasteiger partial charge in [0, 0.05) is 12.6 Å². The van der Waals surface area contributed by atoms with Gasteiger partial charge in [-0.2, -0.15) is 0 Å². The molecule has 1 aliphatic heterocycles. The first-order chi connectivity index (χ1) is 8.59. The second kappa shape index (κ2) is 5.27. The van der Waals surface area contributed by atoms with Crippen LogP contribution in [-0.4, -0.2) is 24.7 Å². The fraction of sp³-hybridized carbons (Fsp3) is 0.462. The van der Waals surface area contributed by atoms with Crippen LogP contribution in [0.4, 0.5) is 11.4 Å². The van der Waals surface area contributed by atoms with Crippen molar-refractivity contribution in [1.29, 1.82) is 0 Å². The fourth-order valence-electron chi connectivity index (χ4n) is 2.25. The highest BCUT2D eigenvalue weighted by molar-refractivity contribution is 6.01. The molecule has 1 aromatic carbocycles. The summed E-state index contributed by atoms with van der Waals surface area (Å²) in [5.74, 6) is -0.482. The Morgan fingerprint density at radius 1 is 1.56 bits per heavy atom. The zero-order valence-electron chi connectivity index (χ0n) is 10.5. The average Bonchev–Trinajstić information content (AvgIpc) is 2.85. The van der Waals surface area contributed by atoms with E-state index in [2.05, 4.69) is 5.32 Å². The predicted octanol–water partition coefficient (Wildman–Crippen LogP) is 1.35. The van der Waals surface area contributed by atoms with E-state index in [0.717, 1.165) is 19.4 Å². The molecule has 98 valence electrons. The number of amides is 1. The van der Waals surface area contributed by atoms with E-state index in [1.54, 1.807) is 18.2 Å². The van der Waals surface area contributed by atoms with Crippen molar-refractivity contribution in [3.63, 3.8) is 0 Å². The topological polar surface area (TPSA) is 90.4 Å². The maximum Gasteiger partial charge on any atom is 0.250 e. The van der Waals surface area contributed by atoms with Crippen LogP contribution in [-0.2, 0) is 4.74 Å². The first-order valence-corrected chi connectivity index (χ1v) is 6.16. The average molecular weight is 249 g/mol. The molecule has 2 unspecified atom stereocenters. The van der Waals surface area contributed by atoms with E-state index in [-0.39, 0.29) is 12.1 Å². The molecule has 1 amide bonds. The number of para-hydroxylation sites is 1. The second-order valence-electron chi connectivity index (χ2n) is 4.62. The smallest absolute Gasteiger partial charge is 0.250 e. The Labute approximate surface area is 106 Å². The Bertz CT molecular complexity index is 442. The lowest BCUT2D eigenvalue weighted by molar-refractivity contribution is 0.0985. The number of carbonyl (C=O) groups is 1. The van der Waals surface area contributed by atoms with Crippen LogP contribution in [0.5, 0.6) is 0 Å². The summed E-state index contributed by atoms with van der Waals surface area (Å²) in [5.41, 5.74) is 12.8. The third-order valence-corrected chi connectivity index (χ3v) is 3.26. The van der Waals surface area contributed by atoms with Gasteiger partial charge in [0.25, 0.3) is 5.91 Å². The second-order valence-corrected chi connectivity index (χ2v) is 4.62. The maximum absolute atomic E-state index is 11.4. The number of carbonyl (C=O) groups excluding carboxylic acids is 1. The predicted molar refractivity (Wildman–Crippen MR) is 71.4 cm³/mol. The number of benzene rings is 1. The van der Waals surface area contributed by atoms with Crippen LogP contribution in [0.25, 0.3) is 0 Å². The van der Waals surface area contributed by atoms with Gasteiger partial charge in [-0.15, -0.1) is 0 Å². The van der Waals surface area contributed by atoms with Gasteiger partial charge in [-0.3, -0.25) is 4.79 Å². The third-order valence-electron chi connectivity index (χ3n) is 3.26. The zero-order valence-corrected chi connectivity index (χ0v) is 10.5. The molecule has 5 N–H and O–H groups in total. The van der Waals surface area contributed by atoms with Crippen LogP contribution in [0.2, 0.25) is 0 Å². The molecule has 0 aliphatic carbocycles. The molecule has 2 rings (SSSR count). The SMILES string of the molecule is CC(Nc1c(N)cccc1C(N)=O)C1CCCO1. The summed E-state index contributed by atoms with van der Waals surface area (Å²) in [6.45, 7) is 2.82. The van der Waals surface area contributed by atoms with Gasteiger partial charge in [0.1, 0.15) is 0 Å². The molecule has 2 atom stereocenters. The normalized spacial score (nSPS) is 20.6. The van der Waals surface area contributed by atoms with Crippen molar-refractivity contribution in [2.45, 2.75) is 31.9 Å². The maximum atomic E-state index is 11.4. The largest absolute Gasteiger partial charge is 0.397 e. The van der Waals surface area contributed by atoms with Crippen molar-refractivity contribution in [1.82, 2.24) is 0 Å². The number of nitrogens with one attached hydrogen (secondary N) is 1. The highest BCUT2D eigenvalue weighted by atomic mass is 16.5. The highest BCUT2D eigenvalue weighted by Crippen LogP contribution is 2.26. The van der Waals surface area contributed by atoms with Gasteiger partial charge in [0.15, 0.2) is 0 Å².